The molecule has 20 heavy (non-hydrogen) atoms. The fourth-order valence-corrected chi connectivity index (χ4v) is 2.99. The van der Waals surface area contributed by atoms with Gasteiger partial charge in [-0.05, 0) is 50.5 Å². The molecule has 0 amide bonds. The lowest BCUT2D eigenvalue weighted by Gasteiger charge is -2.24. The Morgan fingerprint density at radius 2 is 2.05 bits per heavy atom. The SMILES string of the molecule is Cc1cc(C)c(CNC(=S)NC2CCCCC2)c(=O)[nH]1. The number of rotatable bonds is 3. The van der Waals surface area contributed by atoms with Gasteiger partial charge in [0.15, 0.2) is 5.11 Å². The molecule has 1 aliphatic rings. The van der Waals surface area contributed by atoms with E-state index in [1.807, 2.05) is 19.9 Å². The van der Waals surface area contributed by atoms with Crippen molar-refractivity contribution in [3.8, 4) is 0 Å². The summed E-state index contributed by atoms with van der Waals surface area (Å²) in [6.45, 7) is 4.32. The average molecular weight is 293 g/mol. The Morgan fingerprint density at radius 1 is 1.35 bits per heavy atom. The summed E-state index contributed by atoms with van der Waals surface area (Å²) < 4.78 is 0. The van der Waals surface area contributed by atoms with Crippen LogP contribution in [-0.4, -0.2) is 16.1 Å². The molecule has 0 spiro atoms. The summed E-state index contributed by atoms with van der Waals surface area (Å²) in [5, 5.41) is 7.14. The van der Waals surface area contributed by atoms with Crippen LogP contribution in [0.15, 0.2) is 10.9 Å². The van der Waals surface area contributed by atoms with Crippen molar-refractivity contribution in [3.63, 3.8) is 0 Å². The number of aromatic nitrogens is 1. The highest BCUT2D eigenvalue weighted by atomic mass is 32.1. The number of pyridine rings is 1. The highest BCUT2D eigenvalue weighted by Crippen LogP contribution is 2.17. The highest BCUT2D eigenvalue weighted by molar-refractivity contribution is 7.80. The van der Waals surface area contributed by atoms with Crippen LogP contribution in [0, 0.1) is 13.8 Å². The largest absolute Gasteiger partial charge is 0.360 e. The normalized spacial score (nSPS) is 15.9. The Morgan fingerprint density at radius 3 is 2.70 bits per heavy atom. The summed E-state index contributed by atoms with van der Waals surface area (Å²) in [7, 11) is 0. The fraction of sp³-hybridized carbons (Fsp3) is 0.600. The van der Waals surface area contributed by atoms with Gasteiger partial charge in [-0.2, -0.15) is 0 Å². The van der Waals surface area contributed by atoms with Gasteiger partial charge in [0.25, 0.3) is 5.56 Å². The summed E-state index contributed by atoms with van der Waals surface area (Å²) in [6, 6.07) is 2.47. The molecule has 1 fully saturated rings. The molecule has 0 atom stereocenters. The lowest BCUT2D eigenvalue weighted by Crippen LogP contribution is -2.43. The molecule has 3 N–H and O–H groups in total. The second-order valence-electron chi connectivity index (χ2n) is 5.60. The van der Waals surface area contributed by atoms with E-state index in [2.05, 4.69) is 15.6 Å². The molecule has 0 bridgehead atoms. The van der Waals surface area contributed by atoms with Crippen molar-refractivity contribution in [1.82, 2.24) is 15.6 Å². The second-order valence-corrected chi connectivity index (χ2v) is 6.01. The molecule has 1 aliphatic carbocycles. The third-order valence-corrected chi connectivity index (χ3v) is 4.12. The van der Waals surface area contributed by atoms with E-state index < -0.39 is 0 Å². The Kier molecular flexibility index (Phi) is 5.17. The number of hydrogen-bond acceptors (Lipinski definition) is 2. The number of H-pyrrole nitrogens is 1. The van der Waals surface area contributed by atoms with Crippen molar-refractivity contribution < 1.29 is 0 Å². The quantitative estimate of drug-likeness (QED) is 0.749. The van der Waals surface area contributed by atoms with Crippen LogP contribution in [0.4, 0.5) is 0 Å². The zero-order chi connectivity index (χ0) is 14.5. The fourth-order valence-electron chi connectivity index (χ4n) is 2.75. The minimum atomic E-state index is -0.0320. The number of aromatic amines is 1. The standard InChI is InChI=1S/C15H23N3OS/c1-10-8-11(2)17-14(19)13(10)9-16-15(20)18-12-6-4-3-5-7-12/h8,12H,3-7,9H2,1-2H3,(H,17,19)(H2,16,18,20). The minimum Gasteiger partial charge on any atom is -0.360 e. The molecule has 2 rings (SSSR count). The first-order chi connectivity index (χ1) is 9.56. The van der Waals surface area contributed by atoms with Crippen LogP contribution in [0.3, 0.4) is 0 Å². The van der Waals surface area contributed by atoms with Gasteiger partial charge in [-0.1, -0.05) is 19.3 Å². The van der Waals surface area contributed by atoms with E-state index in [0.29, 0.717) is 17.7 Å². The molecule has 1 heterocycles. The monoisotopic (exact) mass is 293 g/mol. The van der Waals surface area contributed by atoms with E-state index in [0.717, 1.165) is 16.8 Å². The predicted molar refractivity (Wildman–Crippen MR) is 86.0 cm³/mol. The molecule has 0 aliphatic heterocycles. The lowest BCUT2D eigenvalue weighted by atomic mass is 9.96. The Bertz CT molecular complexity index is 532. The molecule has 1 saturated carbocycles. The molecule has 0 unspecified atom stereocenters. The topological polar surface area (TPSA) is 56.9 Å². The second kappa shape index (κ2) is 6.88. The van der Waals surface area contributed by atoms with Gasteiger partial charge >= 0.3 is 0 Å². The van der Waals surface area contributed by atoms with Crippen molar-refractivity contribution in [2.75, 3.05) is 0 Å². The number of hydrogen-bond donors (Lipinski definition) is 3. The first kappa shape index (κ1) is 15.0. The molecule has 4 nitrogen and oxygen atoms in total. The van der Waals surface area contributed by atoms with E-state index in [9.17, 15) is 4.79 Å². The zero-order valence-corrected chi connectivity index (χ0v) is 13.0. The first-order valence-corrected chi connectivity index (χ1v) is 7.71. The van der Waals surface area contributed by atoms with Crippen molar-refractivity contribution in [2.45, 2.75) is 58.5 Å². The van der Waals surface area contributed by atoms with E-state index in [4.69, 9.17) is 12.2 Å². The summed E-state index contributed by atoms with van der Waals surface area (Å²) in [5.74, 6) is 0. The van der Waals surface area contributed by atoms with Gasteiger partial charge in [0.05, 0.1) is 0 Å². The van der Waals surface area contributed by atoms with Gasteiger partial charge in [-0.15, -0.1) is 0 Å². The number of thiocarbonyl (C=S) groups is 1. The Labute approximate surface area is 125 Å². The maximum atomic E-state index is 11.9. The van der Waals surface area contributed by atoms with E-state index >= 15 is 0 Å². The Hall–Kier alpha value is -1.36. The van der Waals surface area contributed by atoms with E-state index in [1.165, 1.54) is 32.1 Å². The number of nitrogens with one attached hydrogen (secondary N) is 3. The molecular formula is C15H23N3OS. The van der Waals surface area contributed by atoms with Crippen LogP contribution in [-0.2, 0) is 6.54 Å². The van der Waals surface area contributed by atoms with Crippen LogP contribution in [0.1, 0.15) is 48.9 Å². The predicted octanol–water partition coefficient (Wildman–Crippen LogP) is 2.29. The summed E-state index contributed by atoms with van der Waals surface area (Å²) in [4.78, 5) is 14.7. The summed E-state index contributed by atoms with van der Waals surface area (Å²) in [6.07, 6.45) is 6.25. The Balaban J connectivity index is 1.88. The van der Waals surface area contributed by atoms with Gasteiger partial charge in [0.2, 0.25) is 0 Å². The molecule has 5 heteroatoms. The smallest absolute Gasteiger partial charge is 0.253 e. The molecule has 0 saturated heterocycles. The summed E-state index contributed by atoms with van der Waals surface area (Å²) in [5.41, 5.74) is 2.61. The molecule has 1 aromatic heterocycles. The van der Waals surface area contributed by atoms with Gasteiger partial charge in [0, 0.05) is 23.8 Å². The molecular weight excluding hydrogens is 270 g/mol. The van der Waals surface area contributed by atoms with Gasteiger partial charge in [0.1, 0.15) is 0 Å². The van der Waals surface area contributed by atoms with Crippen LogP contribution in [0.2, 0.25) is 0 Å². The average Bonchev–Trinajstić information content (AvgIpc) is 2.38. The van der Waals surface area contributed by atoms with Crippen molar-refractivity contribution >= 4 is 17.3 Å². The van der Waals surface area contributed by atoms with Crippen molar-refractivity contribution in [1.29, 1.82) is 0 Å². The van der Waals surface area contributed by atoms with Crippen LogP contribution >= 0.6 is 12.2 Å². The van der Waals surface area contributed by atoms with Crippen LogP contribution in [0.5, 0.6) is 0 Å². The maximum absolute atomic E-state index is 11.9. The van der Waals surface area contributed by atoms with Gasteiger partial charge in [-0.3, -0.25) is 4.79 Å². The molecule has 110 valence electrons. The summed E-state index contributed by atoms with van der Waals surface area (Å²) >= 11 is 5.31. The van der Waals surface area contributed by atoms with E-state index in [-0.39, 0.29) is 5.56 Å². The van der Waals surface area contributed by atoms with Crippen molar-refractivity contribution in [2.24, 2.45) is 0 Å². The lowest BCUT2D eigenvalue weighted by molar-refractivity contribution is 0.412. The van der Waals surface area contributed by atoms with Crippen molar-refractivity contribution in [3.05, 3.63) is 33.2 Å². The van der Waals surface area contributed by atoms with Crippen LogP contribution < -0.4 is 16.2 Å². The van der Waals surface area contributed by atoms with Crippen LogP contribution in [0.25, 0.3) is 0 Å². The third kappa shape index (κ3) is 4.07. The molecule has 0 radical (unpaired) electrons. The van der Waals surface area contributed by atoms with Gasteiger partial charge < -0.3 is 15.6 Å². The van der Waals surface area contributed by atoms with E-state index in [1.54, 1.807) is 0 Å². The zero-order valence-electron chi connectivity index (χ0n) is 12.2. The highest BCUT2D eigenvalue weighted by Gasteiger charge is 2.14. The maximum Gasteiger partial charge on any atom is 0.253 e. The number of aryl methyl sites for hydroxylation is 2. The third-order valence-electron chi connectivity index (χ3n) is 3.86. The van der Waals surface area contributed by atoms with Gasteiger partial charge in [-0.25, -0.2) is 0 Å². The molecule has 0 aromatic carbocycles. The minimum absolute atomic E-state index is 0.0320. The first-order valence-electron chi connectivity index (χ1n) is 7.30. The molecule has 1 aromatic rings.